The number of benzene rings is 3. The van der Waals surface area contributed by atoms with Crippen LogP contribution in [-0.2, 0) is 28.7 Å². The molecule has 14 nitrogen and oxygen atoms in total. The van der Waals surface area contributed by atoms with Crippen molar-refractivity contribution in [3.63, 3.8) is 0 Å². The van der Waals surface area contributed by atoms with Crippen LogP contribution in [0.5, 0.6) is 11.5 Å². The number of carbonyl (C=O) groups is 2. The molecule has 3 aliphatic heterocycles. The number of hydrogen-bond acceptors (Lipinski definition) is 12. The molecule has 4 N–H and O–H groups in total. The van der Waals surface area contributed by atoms with Crippen LogP contribution in [0.15, 0.2) is 107 Å². The van der Waals surface area contributed by atoms with E-state index in [1.54, 1.807) is 30.6 Å². The van der Waals surface area contributed by atoms with E-state index in [0.717, 1.165) is 81.8 Å². The van der Waals surface area contributed by atoms with E-state index in [1.807, 2.05) is 57.5 Å². The number of amides is 2. The summed E-state index contributed by atoms with van der Waals surface area (Å²) in [6.07, 6.45) is 6.08. The second-order valence-corrected chi connectivity index (χ2v) is 17.7. The standard InChI is InChI=1S/C45H47N8O6S2/c54-44(50-61(57)38-6-8-40(41(24-38)49-56)47-25-30-10-18-58-19-11-30)39-7-5-35(23-42(39)59-37-22-32-9-13-46-43(32)48-26-37)52-16-14-51(15-17-52)28-36-21-31-3-1-2-4-33(31)27-53(36)45(55)34-12-20-60-29-34/h1-9,12-13,20,22-24,26,29-30,36,47,49H,10-11,14-19,21,25,27-28H2,(H,46,48)(H,50,54)/q-1/t36-,61?/m1/s1. The van der Waals surface area contributed by atoms with E-state index < -0.39 is 16.9 Å². The van der Waals surface area contributed by atoms with Gasteiger partial charge in [-0.2, -0.15) is 11.3 Å². The summed E-state index contributed by atoms with van der Waals surface area (Å²) in [6.45, 7) is 6.51. The fourth-order valence-electron chi connectivity index (χ4n) is 8.39. The van der Waals surface area contributed by atoms with Crippen molar-refractivity contribution in [2.24, 2.45) is 5.92 Å². The third kappa shape index (κ3) is 9.28. The molecule has 2 fully saturated rings. The van der Waals surface area contributed by atoms with Gasteiger partial charge in [0.25, 0.3) is 11.8 Å². The molecule has 6 aromatic rings. The number of pyridine rings is 1. The number of thiophene rings is 1. The number of aromatic nitrogens is 2. The summed E-state index contributed by atoms with van der Waals surface area (Å²) < 4.78 is 28.0. The molecule has 3 aliphatic rings. The largest absolute Gasteiger partial charge is 0.761 e. The van der Waals surface area contributed by atoms with Gasteiger partial charge in [-0.25, -0.2) is 9.19 Å². The molecular formula is C45H47N8O6S2-. The third-order valence-electron chi connectivity index (χ3n) is 11.8. The third-order valence-corrected chi connectivity index (χ3v) is 13.6. The zero-order valence-electron chi connectivity index (χ0n) is 33.5. The van der Waals surface area contributed by atoms with E-state index in [-0.39, 0.29) is 33.8 Å². The van der Waals surface area contributed by atoms with Crippen molar-refractivity contribution in [1.29, 1.82) is 0 Å². The number of rotatable bonds is 13. The van der Waals surface area contributed by atoms with E-state index >= 15 is 0 Å². The predicted molar refractivity (Wildman–Crippen MR) is 239 cm³/mol. The first-order chi connectivity index (χ1) is 29.9. The lowest BCUT2D eigenvalue weighted by Gasteiger charge is -2.42. The second-order valence-electron chi connectivity index (χ2n) is 15.7. The van der Waals surface area contributed by atoms with Crippen molar-refractivity contribution in [3.05, 3.63) is 129 Å². The topological polar surface area (TPSA) is 167 Å². The Balaban J connectivity index is 0.896. The minimum atomic E-state index is -1.99. The molecule has 0 saturated carbocycles. The lowest BCUT2D eigenvalue weighted by atomic mass is 9.93. The molecule has 0 spiro atoms. The van der Waals surface area contributed by atoms with Crippen molar-refractivity contribution in [2.75, 3.05) is 68.2 Å². The minimum Gasteiger partial charge on any atom is -0.761 e. The van der Waals surface area contributed by atoms with Crippen molar-refractivity contribution < 1.29 is 23.3 Å². The summed E-state index contributed by atoms with van der Waals surface area (Å²) >= 11 is 1.54. The first-order valence-corrected chi connectivity index (χ1v) is 22.7. The number of ether oxygens (including phenoxy) is 2. The van der Waals surface area contributed by atoms with Crippen molar-refractivity contribution in [2.45, 2.75) is 36.7 Å². The van der Waals surface area contributed by atoms with E-state index in [1.165, 1.54) is 28.5 Å². The molecule has 0 bridgehead atoms. The number of carbonyl (C=O) groups excluding carboxylic acids is 2. The maximum atomic E-state index is 13.9. The summed E-state index contributed by atoms with van der Waals surface area (Å²) in [4.78, 5) is 42.2. The van der Waals surface area contributed by atoms with Gasteiger partial charge in [-0.05, 0) is 90.2 Å². The maximum Gasteiger partial charge on any atom is 0.266 e. The number of nitrogens with zero attached hydrogens (tertiary/aromatic N) is 4. The van der Waals surface area contributed by atoms with Crippen LogP contribution in [0.1, 0.15) is 44.7 Å². The number of anilines is 3. The first kappa shape index (κ1) is 40.6. The quantitative estimate of drug-likeness (QED) is 0.0883. The highest BCUT2D eigenvalue weighted by molar-refractivity contribution is 7.83. The van der Waals surface area contributed by atoms with Crippen LogP contribution in [0.2, 0.25) is 0 Å². The highest BCUT2D eigenvalue weighted by Crippen LogP contribution is 2.33. The Morgan fingerprint density at radius 1 is 0.967 bits per heavy atom. The fraction of sp³-hybridized carbons (Fsp3) is 0.311. The molecule has 2 saturated heterocycles. The van der Waals surface area contributed by atoms with Gasteiger partial charge in [-0.3, -0.25) is 19.2 Å². The number of aromatic amines is 1. The lowest BCUT2D eigenvalue weighted by Crippen LogP contribution is -2.54. The van der Waals surface area contributed by atoms with Crippen LogP contribution in [-0.4, -0.2) is 94.3 Å². The Bertz CT molecular complexity index is 2520. The van der Waals surface area contributed by atoms with Crippen LogP contribution < -0.4 is 25.2 Å². The Morgan fingerprint density at radius 3 is 2.61 bits per heavy atom. The van der Waals surface area contributed by atoms with Crippen LogP contribution in [0.4, 0.5) is 17.1 Å². The van der Waals surface area contributed by atoms with E-state index in [2.05, 4.69) is 48.0 Å². The number of nitrogens with one attached hydrogen (secondary N) is 4. The normalized spacial score (nSPS) is 17.8. The monoisotopic (exact) mass is 859 g/mol. The van der Waals surface area contributed by atoms with Gasteiger partial charge >= 0.3 is 0 Å². The predicted octanol–water partition coefficient (Wildman–Crippen LogP) is 7.01. The summed E-state index contributed by atoms with van der Waals surface area (Å²) in [5, 5.41) is 20.0. The van der Waals surface area contributed by atoms with Crippen molar-refractivity contribution in [1.82, 2.24) is 24.5 Å². The smallest absolute Gasteiger partial charge is 0.266 e. The number of piperazine rings is 1. The number of hydrogen-bond donors (Lipinski definition) is 4. The number of H-pyrrole nitrogens is 1. The average molecular weight is 860 g/mol. The molecule has 16 heteroatoms. The molecule has 2 atom stereocenters. The average Bonchev–Trinajstić information content (AvgIpc) is 4.02. The van der Waals surface area contributed by atoms with Crippen molar-refractivity contribution in [3.8, 4) is 11.5 Å². The van der Waals surface area contributed by atoms with Crippen LogP contribution in [0.25, 0.3) is 11.0 Å². The Hall–Kier alpha value is -5.78. The minimum absolute atomic E-state index is 0.0445. The van der Waals surface area contributed by atoms with Gasteiger partial charge < -0.3 is 40.3 Å². The van der Waals surface area contributed by atoms with Crippen molar-refractivity contribution >= 4 is 62.2 Å². The first-order valence-electron chi connectivity index (χ1n) is 20.6. The zero-order chi connectivity index (χ0) is 41.7. The molecule has 61 heavy (non-hydrogen) atoms. The van der Waals surface area contributed by atoms with Gasteiger partial charge in [0.05, 0.1) is 27.9 Å². The molecular weight excluding hydrogens is 813 g/mol. The molecule has 3 aromatic carbocycles. The molecule has 2 amide bonds. The molecule has 9 rings (SSSR count). The molecule has 6 heterocycles. The highest BCUT2D eigenvalue weighted by atomic mass is 32.2. The molecule has 0 aliphatic carbocycles. The van der Waals surface area contributed by atoms with Gasteiger partial charge in [0.1, 0.15) is 17.1 Å². The van der Waals surface area contributed by atoms with Gasteiger partial charge in [0.15, 0.2) is 11.0 Å². The van der Waals surface area contributed by atoms with Gasteiger partial charge in [0.2, 0.25) is 0 Å². The van der Waals surface area contributed by atoms with Crippen LogP contribution in [0.3, 0.4) is 0 Å². The Kier molecular flexibility index (Phi) is 12.3. The molecule has 316 valence electrons. The molecule has 3 aromatic heterocycles. The lowest BCUT2D eigenvalue weighted by molar-refractivity contribution is 0.0576. The van der Waals surface area contributed by atoms with Crippen LogP contribution >= 0.6 is 11.3 Å². The van der Waals surface area contributed by atoms with Crippen LogP contribution in [0, 0.1) is 11.1 Å². The van der Waals surface area contributed by atoms with E-state index in [9.17, 15) is 19.0 Å². The Morgan fingerprint density at radius 2 is 1.80 bits per heavy atom. The van der Waals surface area contributed by atoms with E-state index in [0.29, 0.717) is 36.1 Å². The molecule has 1 unspecified atom stereocenters. The number of fused-ring (bicyclic) bond motifs is 2. The highest BCUT2D eigenvalue weighted by Gasteiger charge is 2.33. The van der Waals surface area contributed by atoms with Gasteiger partial charge in [-0.1, -0.05) is 24.3 Å². The Labute approximate surface area is 360 Å². The summed E-state index contributed by atoms with van der Waals surface area (Å²) in [7, 11) is -1.99. The summed E-state index contributed by atoms with van der Waals surface area (Å²) in [5.74, 6) is 0.622. The summed E-state index contributed by atoms with van der Waals surface area (Å²) in [6, 6.07) is 24.3. The maximum absolute atomic E-state index is 13.9. The summed E-state index contributed by atoms with van der Waals surface area (Å²) in [5.41, 5.74) is 7.79. The second kappa shape index (κ2) is 18.5. The SMILES string of the molecule is O=C(NS(=O)c1ccc(NCC2CCOCC2)c(N[O-])c1)c1ccc(N2CCN(C[C@H]3Cc4ccccc4CN3C(=O)c3ccsc3)CC2)cc1Oc1cnc2[nH]ccc2c1. The van der Waals surface area contributed by atoms with E-state index in [4.69, 9.17) is 9.47 Å². The van der Waals surface area contributed by atoms with Gasteiger partial charge in [0, 0.05) is 99.5 Å². The fourth-order valence-corrected chi connectivity index (χ4v) is 9.83. The zero-order valence-corrected chi connectivity index (χ0v) is 35.1. The molecule has 0 radical (unpaired) electrons. The van der Waals surface area contributed by atoms with Gasteiger partial charge in [-0.15, -0.1) is 0 Å².